The molecule has 2 nitrogen and oxygen atoms in total. The average molecular weight is 304 g/mol. The van der Waals surface area contributed by atoms with Crippen LogP contribution in [0.5, 0.6) is 5.75 Å². The van der Waals surface area contributed by atoms with E-state index in [1.165, 1.54) is 56.4 Å². The van der Waals surface area contributed by atoms with Gasteiger partial charge in [0.25, 0.3) is 0 Å². The molecular formula is C19H25FO2. The Kier molecular flexibility index (Phi) is 5.12. The summed E-state index contributed by atoms with van der Waals surface area (Å²) >= 11 is 0. The number of carbonyl (C=O) groups excluding carboxylic acids is 1. The summed E-state index contributed by atoms with van der Waals surface area (Å²) < 4.78 is 18.2. The molecule has 0 spiro atoms. The number of halogens is 1. The molecule has 0 amide bonds. The maximum Gasteiger partial charge on any atom is 0.314 e. The standard InChI is InChI=1S/C19H25FO2/c20-17-10-12-18(13-11-17)22-19(21)16-8-6-15(7-9-16)14-4-2-1-3-5-14/h10-16H,1-9H2. The Morgan fingerprint density at radius 3 is 2.09 bits per heavy atom. The summed E-state index contributed by atoms with van der Waals surface area (Å²) in [6.45, 7) is 0. The van der Waals surface area contributed by atoms with Crippen molar-refractivity contribution in [1.82, 2.24) is 0 Å². The van der Waals surface area contributed by atoms with Crippen LogP contribution in [0.25, 0.3) is 0 Å². The normalized spacial score (nSPS) is 26.6. The molecular weight excluding hydrogens is 279 g/mol. The number of benzene rings is 1. The Labute approximate surface area is 132 Å². The lowest BCUT2D eigenvalue weighted by molar-refractivity contribution is -0.140. The zero-order chi connectivity index (χ0) is 15.4. The van der Waals surface area contributed by atoms with Crippen LogP contribution < -0.4 is 4.74 Å². The smallest absolute Gasteiger partial charge is 0.314 e. The molecule has 1 aromatic rings. The molecule has 0 atom stereocenters. The van der Waals surface area contributed by atoms with Gasteiger partial charge in [0, 0.05) is 0 Å². The van der Waals surface area contributed by atoms with Gasteiger partial charge < -0.3 is 4.74 Å². The molecule has 0 aliphatic heterocycles. The van der Waals surface area contributed by atoms with Gasteiger partial charge in [0.2, 0.25) is 0 Å². The van der Waals surface area contributed by atoms with Gasteiger partial charge in [-0.2, -0.15) is 0 Å². The molecule has 3 rings (SSSR count). The minimum atomic E-state index is -0.312. The quantitative estimate of drug-likeness (QED) is 0.572. The zero-order valence-corrected chi connectivity index (χ0v) is 13.1. The average Bonchev–Trinajstić information content (AvgIpc) is 2.58. The number of carbonyl (C=O) groups is 1. The van der Waals surface area contributed by atoms with Crippen molar-refractivity contribution < 1.29 is 13.9 Å². The first-order valence-electron chi connectivity index (χ1n) is 8.69. The Morgan fingerprint density at radius 2 is 1.45 bits per heavy atom. The van der Waals surface area contributed by atoms with Crippen molar-refractivity contribution in [3.63, 3.8) is 0 Å². The minimum absolute atomic E-state index is 0.0184. The molecule has 0 aromatic heterocycles. The first kappa shape index (κ1) is 15.5. The maximum atomic E-state index is 12.9. The molecule has 2 aliphatic rings. The Bertz CT molecular complexity index is 483. The summed E-state index contributed by atoms with van der Waals surface area (Å²) in [5.41, 5.74) is 0. The highest BCUT2D eigenvalue weighted by Crippen LogP contribution is 2.40. The van der Waals surface area contributed by atoms with E-state index in [1.807, 2.05) is 0 Å². The number of ether oxygens (including phenoxy) is 1. The summed E-state index contributed by atoms with van der Waals surface area (Å²) in [5, 5.41) is 0. The van der Waals surface area contributed by atoms with E-state index in [1.54, 1.807) is 0 Å². The Hall–Kier alpha value is -1.38. The van der Waals surface area contributed by atoms with Crippen molar-refractivity contribution in [2.75, 3.05) is 0 Å². The Balaban J connectivity index is 1.48. The molecule has 2 aliphatic carbocycles. The molecule has 3 heteroatoms. The van der Waals surface area contributed by atoms with Gasteiger partial charge in [-0.1, -0.05) is 32.1 Å². The van der Waals surface area contributed by atoms with Crippen molar-refractivity contribution in [1.29, 1.82) is 0 Å². The van der Waals surface area contributed by atoms with Crippen molar-refractivity contribution in [2.24, 2.45) is 17.8 Å². The molecule has 0 N–H and O–H groups in total. The highest BCUT2D eigenvalue weighted by atomic mass is 19.1. The summed E-state index contributed by atoms with van der Waals surface area (Å²) in [7, 11) is 0. The van der Waals surface area contributed by atoms with Crippen LogP contribution in [-0.4, -0.2) is 5.97 Å². The molecule has 2 fully saturated rings. The van der Waals surface area contributed by atoms with E-state index in [-0.39, 0.29) is 17.7 Å². The van der Waals surface area contributed by atoms with Crippen LogP contribution in [0.3, 0.4) is 0 Å². The van der Waals surface area contributed by atoms with Crippen LogP contribution in [-0.2, 0) is 4.79 Å². The second-order valence-electron chi connectivity index (χ2n) is 6.88. The second-order valence-corrected chi connectivity index (χ2v) is 6.88. The van der Waals surface area contributed by atoms with Gasteiger partial charge in [0.05, 0.1) is 5.92 Å². The highest BCUT2D eigenvalue weighted by molar-refractivity contribution is 5.75. The number of esters is 1. The first-order valence-corrected chi connectivity index (χ1v) is 8.69. The SMILES string of the molecule is O=C(Oc1ccc(F)cc1)C1CCC(C2CCCCC2)CC1. The van der Waals surface area contributed by atoms with Crippen LogP contribution in [0.1, 0.15) is 57.8 Å². The van der Waals surface area contributed by atoms with Gasteiger partial charge in [-0.3, -0.25) is 4.79 Å². The molecule has 0 saturated heterocycles. The Morgan fingerprint density at radius 1 is 0.864 bits per heavy atom. The first-order chi connectivity index (χ1) is 10.7. The molecule has 1 aromatic carbocycles. The lowest BCUT2D eigenvalue weighted by Gasteiger charge is -2.35. The number of hydrogen-bond acceptors (Lipinski definition) is 2. The molecule has 2 saturated carbocycles. The van der Waals surface area contributed by atoms with Crippen LogP contribution in [0.15, 0.2) is 24.3 Å². The van der Waals surface area contributed by atoms with Crippen LogP contribution in [0.4, 0.5) is 4.39 Å². The van der Waals surface area contributed by atoms with E-state index in [9.17, 15) is 9.18 Å². The van der Waals surface area contributed by atoms with Gasteiger partial charge in [-0.25, -0.2) is 4.39 Å². The molecule has 120 valence electrons. The van der Waals surface area contributed by atoms with Crippen LogP contribution in [0, 0.1) is 23.6 Å². The molecule has 0 bridgehead atoms. The predicted octanol–water partition coefficient (Wildman–Crippen LogP) is 5.12. The van der Waals surface area contributed by atoms with E-state index >= 15 is 0 Å². The van der Waals surface area contributed by atoms with Gasteiger partial charge >= 0.3 is 5.97 Å². The van der Waals surface area contributed by atoms with Gasteiger partial charge in [-0.15, -0.1) is 0 Å². The van der Waals surface area contributed by atoms with Crippen molar-refractivity contribution >= 4 is 5.97 Å². The lowest BCUT2D eigenvalue weighted by atomic mass is 9.71. The fourth-order valence-electron chi connectivity index (χ4n) is 4.13. The fraction of sp³-hybridized carbons (Fsp3) is 0.632. The topological polar surface area (TPSA) is 26.3 Å². The maximum absolute atomic E-state index is 12.9. The van der Waals surface area contributed by atoms with Crippen LogP contribution >= 0.6 is 0 Å². The number of rotatable bonds is 3. The summed E-state index contributed by atoms with van der Waals surface area (Å²) in [6.07, 6.45) is 11.2. The summed E-state index contributed by atoms with van der Waals surface area (Å²) in [4.78, 5) is 12.2. The summed E-state index contributed by atoms with van der Waals surface area (Å²) in [5.74, 6) is 1.71. The lowest BCUT2D eigenvalue weighted by Crippen LogP contribution is -2.29. The predicted molar refractivity (Wildman–Crippen MR) is 84.1 cm³/mol. The zero-order valence-electron chi connectivity index (χ0n) is 13.1. The van der Waals surface area contributed by atoms with Crippen molar-refractivity contribution in [3.05, 3.63) is 30.1 Å². The monoisotopic (exact) mass is 304 g/mol. The van der Waals surface area contributed by atoms with E-state index in [0.29, 0.717) is 5.75 Å². The molecule has 22 heavy (non-hydrogen) atoms. The van der Waals surface area contributed by atoms with E-state index in [4.69, 9.17) is 4.74 Å². The minimum Gasteiger partial charge on any atom is -0.426 e. The highest BCUT2D eigenvalue weighted by Gasteiger charge is 2.32. The third-order valence-electron chi connectivity index (χ3n) is 5.45. The van der Waals surface area contributed by atoms with Crippen molar-refractivity contribution in [2.45, 2.75) is 57.8 Å². The van der Waals surface area contributed by atoms with Gasteiger partial charge in [-0.05, 0) is 61.8 Å². The largest absolute Gasteiger partial charge is 0.426 e. The van der Waals surface area contributed by atoms with E-state index < -0.39 is 0 Å². The van der Waals surface area contributed by atoms with Crippen molar-refractivity contribution in [3.8, 4) is 5.75 Å². The summed E-state index contributed by atoms with van der Waals surface area (Å²) in [6, 6.07) is 5.67. The second kappa shape index (κ2) is 7.26. The van der Waals surface area contributed by atoms with Gasteiger partial charge in [0.15, 0.2) is 0 Å². The number of hydrogen-bond donors (Lipinski definition) is 0. The van der Waals surface area contributed by atoms with E-state index in [0.717, 1.165) is 37.5 Å². The van der Waals surface area contributed by atoms with Gasteiger partial charge in [0.1, 0.15) is 11.6 Å². The van der Waals surface area contributed by atoms with E-state index in [2.05, 4.69) is 0 Å². The molecule has 0 radical (unpaired) electrons. The van der Waals surface area contributed by atoms with Crippen LogP contribution in [0.2, 0.25) is 0 Å². The molecule has 0 heterocycles. The molecule has 0 unspecified atom stereocenters. The third kappa shape index (κ3) is 3.88. The fourth-order valence-corrected chi connectivity index (χ4v) is 4.13. The third-order valence-corrected chi connectivity index (χ3v) is 5.45.